The topological polar surface area (TPSA) is 70.7 Å². The smallest absolute Gasteiger partial charge is 0.321 e. The molecule has 0 radical (unpaired) electrons. The standard InChI is InChI=1S/C13H25N3O3/c1-19-10-7-14-13(18)15-12(17)11-16-8-5-3-2-4-6-9-16/h2-11H2,1H3,(H2,14,15,17,18). The second kappa shape index (κ2) is 9.75. The molecule has 6 heteroatoms. The molecule has 1 aliphatic rings. The van der Waals surface area contributed by atoms with Crippen molar-refractivity contribution >= 4 is 11.9 Å². The van der Waals surface area contributed by atoms with E-state index in [0.29, 0.717) is 19.7 Å². The average Bonchev–Trinajstić information content (AvgIpc) is 2.32. The monoisotopic (exact) mass is 271 g/mol. The maximum Gasteiger partial charge on any atom is 0.321 e. The van der Waals surface area contributed by atoms with E-state index in [1.165, 1.54) is 19.3 Å². The van der Waals surface area contributed by atoms with Gasteiger partial charge in [0.15, 0.2) is 0 Å². The molecule has 0 unspecified atom stereocenters. The third-order valence-electron chi connectivity index (χ3n) is 3.16. The summed E-state index contributed by atoms with van der Waals surface area (Å²) >= 11 is 0. The quantitative estimate of drug-likeness (QED) is 0.723. The van der Waals surface area contributed by atoms with E-state index < -0.39 is 6.03 Å². The Morgan fingerprint density at radius 2 is 1.74 bits per heavy atom. The van der Waals surface area contributed by atoms with E-state index in [9.17, 15) is 9.59 Å². The first kappa shape index (κ1) is 15.9. The van der Waals surface area contributed by atoms with Crippen molar-refractivity contribution in [3.63, 3.8) is 0 Å². The SMILES string of the molecule is COCCNC(=O)NC(=O)CN1CCCCCCC1. The number of ether oxygens (including phenoxy) is 1. The van der Waals surface area contributed by atoms with Crippen LogP contribution in [0.1, 0.15) is 32.1 Å². The van der Waals surface area contributed by atoms with Gasteiger partial charge in [-0.2, -0.15) is 0 Å². The average molecular weight is 271 g/mol. The second-order valence-electron chi connectivity index (χ2n) is 4.84. The van der Waals surface area contributed by atoms with Crippen LogP contribution in [0.3, 0.4) is 0 Å². The molecule has 0 aromatic heterocycles. The predicted octanol–water partition coefficient (Wildman–Crippen LogP) is 0.725. The molecule has 0 spiro atoms. The van der Waals surface area contributed by atoms with E-state index in [2.05, 4.69) is 15.5 Å². The summed E-state index contributed by atoms with van der Waals surface area (Å²) in [4.78, 5) is 25.2. The lowest BCUT2D eigenvalue weighted by molar-refractivity contribution is -0.121. The molecule has 0 aromatic rings. The molecule has 0 aromatic carbocycles. The number of amides is 3. The van der Waals surface area contributed by atoms with Crippen LogP contribution in [0.15, 0.2) is 0 Å². The summed E-state index contributed by atoms with van der Waals surface area (Å²) in [6, 6.07) is -0.450. The van der Waals surface area contributed by atoms with Crippen LogP contribution in [-0.2, 0) is 9.53 Å². The molecule has 2 N–H and O–H groups in total. The molecule has 1 heterocycles. The Kier molecular flexibility index (Phi) is 8.16. The maximum absolute atomic E-state index is 11.7. The number of carbonyl (C=O) groups is 2. The Balaban J connectivity index is 2.19. The van der Waals surface area contributed by atoms with E-state index in [4.69, 9.17) is 4.74 Å². The van der Waals surface area contributed by atoms with Crippen LogP contribution < -0.4 is 10.6 Å². The third-order valence-corrected chi connectivity index (χ3v) is 3.16. The van der Waals surface area contributed by atoms with Gasteiger partial charge in [-0.15, -0.1) is 0 Å². The van der Waals surface area contributed by atoms with Crippen molar-refractivity contribution < 1.29 is 14.3 Å². The number of likely N-dealkylation sites (tertiary alicyclic amines) is 1. The fourth-order valence-corrected chi connectivity index (χ4v) is 2.15. The van der Waals surface area contributed by atoms with Crippen LogP contribution in [-0.4, -0.2) is 56.7 Å². The molecule has 1 fully saturated rings. The summed E-state index contributed by atoms with van der Waals surface area (Å²) in [5, 5.41) is 4.90. The molecule has 19 heavy (non-hydrogen) atoms. The van der Waals surface area contributed by atoms with E-state index in [-0.39, 0.29) is 5.91 Å². The summed E-state index contributed by atoms with van der Waals surface area (Å²) in [6.07, 6.45) is 6.02. The molecule has 1 rings (SSSR count). The van der Waals surface area contributed by atoms with Gasteiger partial charge >= 0.3 is 6.03 Å². The molecule has 0 atom stereocenters. The van der Waals surface area contributed by atoms with Gasteiger partial charge in [-0.3, -0.25) is 15.0 Å². The number of carbonyl (C=O) groups excluding carboxylic acids is 2. The van der Waals surface area contributed by atoms with Crippen molar-refractivity contribution in [1.82, 2.24) is 15.5 Å². The van der Waals surface area contributed by atoms with Gasteiger partial charge in [-0.05, 0) is 25.9 Å². The molecule has 1 saturated heterocycles. The van der Waals surface area contributed by atoms with Gasteiger partial charge in [0.05, 0.1) is 13.2 Å². The zero-order chi connectivity index (χ0) is 13.9. The van der Waals surface area contributed by atoms with Crippen molar-refractivity contribution in [2.75, 3.05) is 39.9 Å². The first-order valence-electron chi connectivity index (χ1n) is 7.01. The van der Waals surface area contributed by atoms with Gasteiger partial charge in [0.2, 0.25) is 5.91 Å². The van der Waals surface area contributed by atoms with Crippen molar-refractivity contribution in [2.24, 2.45) is 0 Å². The Bertz CT molecular complexity index is 276. The van der Waals surface area contributed by atoms with Crippen LogP contribution >= 0.6 is 0 Å². The highest BCUT2D eigenvalue weighted by atomic mass is 16.5. The number of urea groups is 1. The summed E-state index contributed by atoms with van der Waals surface area (Å²) in [7, 11) is 1.56. The number of imide groups is 1. The number of hydrogen-bond donors (Lipinski definition) is 2. The van der Waals surface area contributed by atoms with Crippen LogP contribution in [0.25, 0.3) is 0 Å². The maximum atomic E-state index is 11.7. The zero-order valence-corrected chi connectivity index (χ0v) is 11.7. The Labute approximate surface area is 114 Å². The van der Waals surface area contributed by atoms with E-state index in [0.717, 1.165) is 25.9 Å². The Morgan fingerprint density at radius 1 is 1.11 bits per heavy atom. The normalized spacial score (nSPS) is 17.3. The summed E-state index contributed by atoms with van der Waals surface area (Å²) < 4.78 is 4.81. The third kappa shape index (κ3) is 7.79. The molecule has 0 aliphatic carbocycles. The molecular formula is C13H25N3O3. The first-order valence-corrected chi connectivity index (χ1v) is 7.01. The molecule has 1 aliphatic heterocycles. The minimum absolute atomic E-state index is 0.240. The lowest BCUT2D eigenvalue weighted by Crippen LogP contribution is -2.45. The predicted molar refractivity (Wildman–Crippen MR) is 72.9 cm³/mol. The highest BCUT2D eigenvalue weighted by molar-refractivity contribution is 5.95. The lowest BCUT2D eigenvalue weighted by atomic mass is 10.1. The van der Waals surface area contributed by atoms with Gasteiger partial charge < -0.3 is 10.1 Å². The molecule has 110 valence electrons. The van der Waals surface area contributed by atoms with Crippen LogP contribution in [0.4, 0.5) is 4.79 Å². The number of nitrogens with one attached hydrogen (secondary N) is 2. The molecule has 3 amide bonds. The zero-order valence-electron chi connectivity index (χ0n) is 11.7. The van der Waals surface area contributed by atoms with Crippen molar-refractivity contribution in [2.45, 2.75) is 32.1 Å². The molecule has 0 bridgehead atoms. The number of nitrogens with zero attached hydrogens (tertiary/aromatic N) is 1. The van der Waals surface area contributed by atoms with Crippen molar-refractivity contribution in [3.05, 3.63) is 0 Å². The molecular weight excluding hydrogens is 246 g/mol. The number of methoxy groups -OCH3 is 1. The Morgan fingerprint density at radius 3 is 2.37 bits per heavy atom. The fraction of sp³-hybridized carbons (Fsp3) is 0.846. The highest BCUT2D eigenvalue weighted by Crippen LogP contribution is 2.09. The minimum Gasteiger partial charge on any atom is -0.383 e. The molecule has 0 saturated carbocycles. The fourth-order valence-electron chi connectivity index (χ4n) is 2.15. The van der Waals surface area contributed by atoms with Gasteiger partial charge in [0, 0.05) is 13.7 Å². The lowest BCUT2D eigenvalue weighted by Gasteiger charge is -2.23. The minimum atomic E-state index is -0.450. The van der Waals surface area contributed by atoms with E-state index in [1.807, 2.05) is 0 Å². The Hall–Kier alpha value is -1.14. The van der Waals surface area contributed by atoms with Crippen LogP contribution in [0.2, 0.25) is 0 Å². The van der Waals surface area contributed by atoms with Gasteiger partial charge in [0.25, 0.3) is 0 Å². The van der Waals surface area contributed by atoms with Gasteiger partial charge in [-0.1, -0.05) is 19.3 Å². The first-order chi connectivity index (χ1) is 9.22. The van der Waals surface area contributed by atoms with Crippen LogP contribution in [0, 0.1) is 0 Å². The van der Waals surface area contributed by atoms with E-state index in [1.54, 1.807) is 7.11 Å². The highest BCUT2D eigenvalue weighted by Gasteiger charge is 2.13. The number of rotatable bonds is 5. The van der Waals surface area contributed by atoms with Gasteiger partial charge in [-0.25, -0.2) is 4.79 Å². The van der Waals surface area contributed by atoms with Gasteiger partial charge in [0.1, 0.15) is 0 Å². The van der Waals surface area contributed by atoms with Crippen molar-refractivity contribution in [1.29, 1.82) is 0 Å². The summed E-state index contributed by atoms with van der Waals surface area (Å²) in [5.41, 5.74) is 0. The largest absolute Gasteiger partial charge is 0.383 e. The van der Waals surface area contributed by atoms with Crippen molar-refractivity contribution in [3.8, 4) is 0 Å². The van der Waals surface area contributed by atoms with Crippen LogP contribution in [0.5, 0.6) is 0 Å². The summed E-state index contributed by atoms with van der Waals surface area (Å²) in [5.74, 6) is -0.240. The van der Waals surface area contributed by atoms with E-state index >= 15 is 0 Å². The number of hydrogen-bond acceptors (Lipinski definition) is 4. The second-order valence-corrected chi connectivity index (χ2v) is 4.84. The molecule has 6 nitrogen and oxygen atoms in total. The summed E-state index contributed by atoms with van der Waals surface area (Å²) in [6.45, 7) is 3.03.